The van der Waals surface area contributed by atoms with Crippen LogP contribution < -0.4 is 14.9 Å². The Bertz CT molecular complexity index is 1060. The third-order valence-corrected chi connectivity index (χ3v) is 6.25. The zero-order chi connectivity index (χ0) is 21.2. The van der Waals surface area contributed by atoms with Crippen LogP contribution in [0.25, 0.3) is 0 Å². The summed E-state index contributed by atoms with van der Waals surface area (Å²) in [6.45, 7) is 3.87. The predicted octanol–water partition coefficient (Wildman–Crippen LogP) is 2.57. The Kier molecular flexibility index (Phi) is 5.99. The van der Waals surface area contributed by atoms with Crippen LogP contribution in [0.1, 0.15) is 25.3 Å². The number of aryl methyl sites for hydroxylation is 1. The molecule has 1 heterocycles. The van der Waals surface area contributed by atoms with Crippen LogP contribution in [-0.4, -0.2) is 32.8 Å². The number of nitrogens with one attached hydrogen (secondary N) is 2. The van der Waals surface area contributed by atoms with E-state index in [9.17, 15) is 22.4 Å². The molecular weight excluding hydrogens is 397 g/mol. The van der Waals surface area contributed by atoms with Crippen molar-refractivity contribution in [3.8, 4) is 0 Å². The van der Waals surface area contributed by atoms with Gasteiger partial charge in [-0.15, -0.1) is 0 Å². The molecule has 0 aromatic heterocycles. The summed E-state index contributed by atoms with van der Waals surface area (Å²) in [4.78, 5) is 25.5. The van der Waals surface area contributed by atoms with Gasteiger partial charge in [0.15, 0.2) is 0 Å². The second kappa shape index (κ2) is 8.30. The lowest BCUT2D eigenvalue weighted by atomic mass is 10.1. The summed E-state index contributed by atoms with van der Waals surface area (Å²) in [7, 11) is -4.19. The average molecular weight is 419 g/mol. The Morgan fingerprint density at radius 2 is 1.93 bits per heavy atom. The SMILES string of the molecule is Cc1cc(NC(=O)[C@H](C)NS(=O)(=O)c2ccccc2F)ccc1N1CCCC1=O. The minimum Gasteiger partial charge on any atom is -0.325 e. The molecule has 2 aromatic carbocycles. The van der Waals surface area contributed by atoms with Crippen LogP contribution in [0, 0.1) is 12.7 Å². The maximum Gasteiger partial charge on any atom is 0.244 e. The van der Waals surface area contributed by atoms with E-state index in [1.807, 2.05) is 6.92 Å². The van der Waals surface area contributed by atoms with E-state index >= 15 is 0 Å². The smallest absolute Gasteiger partial charge is 0.244 e. The van der Waals surface area contributed by atoms with Crippen LogP contribution in [0.4, 0.5) is 15.8 Å². The highest BCUT2D eigenvalue weighted by atomic mass is 32.2. The molecule has 2 amide bonds. The number of hydrogen-bond donors (Lipinski definition) is 2. The minimum absolute atomic E-state index is 0.0704. The van der Waals surface area contributed by atoms with Gasteiger partial charge in [-0.3, -0.25) is 9.59 Å². The second-order valence-corrected chi connectivity index (χ2v) is 8.60. The Morgan fingerprint density at radius 1 is 1.21 bits per heavy atom. The van der Waals surface area contributed by atoms with Crippen molar-refractivity contribution < 1.29 is 22.4 Å². The lowest BCUT2D eigenvalue weighted by Crippen LogP contribution is -2.41. The molecular formula is C20H22FN3O4S. The first-order valence-corrected chi connectivity index (χ1v) is 10.7. The molecule has 1 saturated heterocycles. The van der Waals surface area contributed by atoms with Crippen LogP contribution in [-0.2, 0) is 19.6 Å². The van der Waals surface area contributed by atoms with E-state index in [4.69, 9.17) is 0 Å². The molecule has 2 aromatic rings. The summed E-state index contributed by atoms with van der Waals surface area (Å²) in [5, 5.41) is 2.64. The van der Waals surface area contributed by atoms with Gasteiger partial charge >= 0.3 is 0 Å². The third kappa shape index (κ3) is 4.63. The van der Waals surface area contributed by atoms with Crippen LogP contribution >= 0.6 is 0 Å². The maximum absolute atomic E-state index is 13.8. The van der Waals surface area contributed by atoms with Gasteiger partial charge in [-0.25, -0.2) is 12.8 Å². The maximum atomic E-state index is 13.8. The Labute approximate surface area is 169 Å². The predicted molar refractivity (Wildman–Crippen MR) is 108 cm³/mol. The average Bonchev–Trinajstić information content (AvgIpc) is 3.07. The van der Waals surface area contributed by atoms with Crippen molar-refractivity contribution in [3.05, 3.63) is 53.8 Å². The van der Waals surface area contributed by atoms with Gasteiger partial charge in [-0.2, -0.15) is 4.72 Å². The summed E-state index contributed by atoms with van der Waals surface area (Å²) in [6.07, 6.45) is 1.34. The number of halogens is 1. The van der Waals surface area contributed by atoms with Gasteiger partial charge in [0, 0.05) is 24.3 Å². The fourth-order valence-electron chi connectivity index (χ4n) is 3.20. The van der Waals surface area contributed by atoms with Crippen molar-refractivity contribution in [2.75, 3.05) is 16.8 Å². The highest BCUT2D eigenvalue weighted by Crippen LogP contribution is 2.27. The number of nitrogens with zero attached hydrogens (tertiary/aromatic N) is 1. The minimum atomic E-state index is -4.19. The molecule has 7 nitrogen and oxygen atoms in total. The Hall–Kier alpha value is -2.78. The van der Waals surface area contributed by atoms with Crippen molar-refractivity contribution in [3.63, 3.8) is 0 Å². The molecule has 9 heteroatoms. The molecule has 1 atom stereocenters. The van der Waals surface area contributed by atoms with Crippen LogP contribution in [0.2, 0.25) is 0 Å². The first-order chi connectivity index (χ1) is 13.7. The summed E-state index contributed by atoms with van der Waals surface area (Å²) in [5.41, 5.74) is 2.08. The Morgan fingerprint density at radius 3 is 2.55 bits per heavy atom. The van der Waals surface area contributed by atoms with Gasteiger partial charge in [0.05, 0.1) is 6.04 Å². The van der Waals surface area contributed by atoms with Crippen LogP contribution in [0.15, 0.2) is 47.4 Å². The highest BCUT2D eigenvalue weighted by Gasteiger charge is 2.25. The topological polar surface area (TPSA) is 95.6 Å². The zero-order valence-corrected chi connectivity index (χ0v) is 16.9. The van der Waals surface area contributed by atoms with Gasteiger partial charge < -0.3 is 10.2 Å². The number of rotatable bonds is 6. The largest absolute Gasteiger partial charge is 0.325 e. The molecule has 0 saturated carbocycles. The van der Waals surface area contributed by atoms with Crippen LogP contribution in [0.3, 0.4) is 0 Å². The molecule has 0 aliphatic carbocycles. The highest BCUT2D eigenvalue weighted by molar-refractivity contribution is 7.89. The van der Waals surface area contributed by atoms with Gasteiger partial charge in [0.1, 0.15) is 10.7 Å². The number of sulfonamides is 1. The number of benzene rings is 2. The van der Waals surface area contributed by atoms with Crippen molar-refractivity contribution in [1.29, 1.82) is 0 Å². The fraction of sp³-hybridized carbons (Fsp3) is 0.300. The number of carbonyl (C=O) groups is 2. The molecule has 1 aliphatic heterocycles. The normalized spacial score (nSPS) is 15.4. The van der Waals surface area contributed by atoms with E-state index in [2.05, 4.69) is 10.0 Å². The van der Waals surface area contributed by atoms with E-state index in [1.54, 1.807) is 23.1 Å². The summed E-state index contributed by atoms with van der Waals surface area (Å²) >= 11 is 0. The number of amides is 2. The molecule has 0 unspecified atom stereocenters. The van der Waals surface area contributed by atoms with Crippen molar-refractivity contribution in [2.24, 2.45) is 0 Å². The second-order valence-electron chi connectivity index (χ2n) is 6.91. The molecule has 154 valence electrons. The first-order valence-electron chi connectivity index (χ1n) is 9.18. The number of anilines is 2. The van der Waals surface area contributed by atoms with E-state index in [-0.39, 0.29) is 5.91 Å². The molecule has 1 aliphatic rings. The van der Waals surface area contributed by atoms with Crippen LogP contribution in [0.5, 0.6) is 0 Å². The molecule has 3 rings (SSSR count). The Balaban J connectivity index is 1.69. The molecule has 2 N–H and O–H groups in total. The molecule has 1 fully saturated rings. The lowest BCUT2D eigenvalue weighted by molar-refractivity contribution is -0.118. The fourth-order valence-corrected chi connectivity index (χ4v) is 4.48. The number of carbonyl (C=O) groups excluding carboxylic acids is 2. The molecule has 0 radical (unpaired) electrons. The van der Waals surface area contributed by atoms with Gasteiger partial charge in [-0.1, -0.05) is 12.1 Å². The van der Waals surface area contributed by atoms with E-state index < -0.39 is 32.7 Å². The quantitative estimate of drug-likeness (QED) is 0.752. The van der Waals surface area contributed by atoms with E-state index in [0.29, 0.717) is 18.7 Å². The van der Waals surface area contributed by atoms with Crippen molar-refractivity contribution >= 4 is 33.2 Å². The monoisotopic (exact) mass is 419 g/mol. The van der Waals surface area contributed by atoms with Crippen molar-refractivity contribution in [2.45, 2.75) is 37.6 Å². The van der Waals surface area contributed by atoms with Gasteiger partial charge in [-0.05, 0) is 56.2 Å². The zero-order valence-electron chi connectivity index (χ0n) is 16.1. The number of hydrogen-bond acceptors (Lipinski definition) is 4. The van der Waals surface area contributed by atoms with Gasteiger partial charge in [0.25, 0.3) is 0 Å². The van der Waals surface area contributed by atoms with E-state index in [0.717, 1.165) is 29.8 Å². The van der Waals surface area contributed by atoms with Crippen molar-refractivity contribution in [1.82, 2.24) is 4.72 Å². The first kappa shape index (κ1) is 20.9. The summed E-state index contributed by atoms with van der Waals surface area (Å²) in [6, 6.07) is 8.95. The molecule has 29 heavy (non-hydrogen) atoms. The lowest BCUT2D eigenvalue weighted by Gasteiger charge is -2.20. The standard InChI is InChI=1S/C20H22FN3O4S/c1-13-12-15(9-10-17(13)24-11-5-8-19(24)25)22-20(26)14(2)23-29(27,28)18-7-4-3-6-16(18)21/h3-4,6-7,9-10,12,14,23H,5,8,11H2,1-2H3,(H,22,26)/t14-/m0/s1. The summed E-state index contributed by atoms with van der Waals surface area (Å²) in [5.74, 6) is -1.41. The summed E-state index contributed by atoms with van der Waals surface area (Å²) < 4.78 is 40.6. The van der Waals surface area contributed by atoms with Gasteiger partial charge in [0.2, 0.25) is 21.8 Å². The van der Waals surface area contributed by atoms with E-state index in [1.165, 1.54) is 19.1 Å². The molecule has 0 spiro atoms. The third-order valence-electron chi connectivity index (χ3n) is 4.68. The molecule has 0 bridgehead atoms.